The summed E-state index contributed by atoms with van der Waals surface area (Å²) in [5, 5.41) is 3.87. The second-order valence-corrected chi connectivity index (χ2v) is 13.8. The smallest absolute Gasteiger partial charge is 0.264 e. The van der Waals surface area contributed by atoms with Crippen LogP contribution in [0.5, 0.6) is 0 Å². The molecule has 0 aliphatic rings. The molecule has 12 heteroatoms. The molecule has 0 spiro atoms. The fourth-order valence-corrected chi connectivity index (χ4v) is 6.67. The van der Waals surface area contributed by atoms with E-state index in [-0.39, 0.29) is 45.4 Å². The fraction of sp³-hybridized carbons (Fsp3) is 0.333. The molecule has 3 aromatic rings. The molecule has 3 aromatic carbocycles. The summed E-state index contributed by atoms with van der Waals surface area (Å²) in [5.41, 5.74) is 1.39. The minimum Gasteiger partial charge on any atom is -0.354 e. The van der Waals surface area contributed by atoms with Gasteiger partial charge in [-0.1, -0.05) is 90.9 Å². The zero-order chi connectivity index (χ0) is 31.2. The van der Waals surface area contributed by atoms with Crippen molar-refractivity contribution in [2.45, 2.75) is 51.6 Å². The van der Waals surface area contributed by atoms with Gasteiger partial charge in [0.05, 0.1) is 10.6 Å². The van der Waals surface area contributed by atoms with E-state index in [0.29, 0.717) is 22.2 Å². The van der Waals surface area contributed by atoms with Gasteiger partial charge in [-0.15, -0.1) is 0 Å². The van der Waals surface area contributed by atoms with E-state index < -0.39 is 28.5 Å². The van der Waals surface area contributed by atoms with Gasteiger partial charge in [-0.05, 0) is 61.7 Å². The number of sulfonamides is 1. The summed E-state index contributed by atoms with van der Waals surface area (Å²) < 4.78 is 28.9. The van der Waals surface area contributed by atoms with E-state index in [1.54, 1.807) is 37.3 Å². The molecule has 3 rings (SSSR count). The first-order chi connectivity index (χ1) is 19.7. The first-order valence-corrected chi connectivity index (χ1v) is 16.2. The number of amides is 2. The average molecular weight is 673 g/mol. The Morgan fingerprint density at radius 2 is 1.48 bits per heavy atom. The second kappa shape index (κ2) is 14.8. The molecule has 0 unspecified atom stereocenters. The van der Waals surface area contributed by atoms with Gasteiger partial charge < -0.3 is 10.2 Å². The number of nitrogens with zero attached hydrogens (tertiary/aromatic N) is 2. The normalized spacial score (nSPS) is 12.2. The van der Waals surface area contributed by atoms with Crippen LogP contribution in [-0.2, 0) is 26.2 Å². The van der Waals surface area contributed by atoms with Gasteiger partial charge in [-0.3, -0.25) is 13.9 Å². The minimum absolute atomic E-state index is 0.0283. The number of hydrogen-bond donors (Lipinski definition) is 1. The maximum atomic E-state index is 14.2. The monoisotopic (exact) mass is 671 g/mol. The number of carbonyl (C=O) groups is 2. The topological polar surface area (TPSA) is 86.8 Å². The Balaban J connectivity index is 2.12. The fourth-order valence-electron chi connectivity index (χ4n) is 4.25. The van der Waals surface area contributed by atoms with Crippen LogP contribution in [0.4, 0.5) is 5.69 Å². The molecule has 0 aliphatic carbocycles. The zero-order valence-corrected chi connectivity index (χ0v) is 27.5. The SMILES string of the molecule is CC[C@@H](C(=O)NCC(C)C)N(Cc1c(Cl)cccc1Cl)C(=O)CN(c1cc(Cl)cc(Cl)c1)S(=O)(=O)c1ccc(C)cc1. The van der Waals surface area contributed by atoms with Crippen molar-refractivity contribution in [1.29, 1.82) is 0 Å². The Bertz CT molecular complexity index is 1490. The minimum atomic E-state index is -4.28. The third-order valence-electron chi connectivity index (χ3n) is 6.48. The van der Waals surface area contributed by atoms with E-state index in [1.807, 2.05) is 20.8 Å². The van der Waals surface area contributed by atoms with Crippen molar-refractivity contribution in [3.63, 3.8) is 0 Å². The molecule has 42 heavy (non-hydrogen) atoms. The molecule has 226 valence electrons. The largest absolute Gasteiger partial charge is 0.354 e. The van der Waals surface area contributed by atoms with E-state index in [0.717, 1.165) is 9.87 Å². The molecule has 0 saturated carbocycles. The van der Waals surface area contributed by atoms with Crippen molar-refractivity contribution in [2.75, 3.05) is 17.4 Å². The quantitative estimate of drug-likeness (QED) is 0.218. The summed E-state index contributed by atoms with van der Waals surface area (Å²) >= 11 is 25.4. The number of anilines is 1. The predicted octanol–water partition coefficient (Wildman–Crippen LogP) is 7.38. The summed E-state index contributed by atoms with van der Waals surface area (Å²) in [6.45, 7) is 7.14. The number of benzene rings is 3. The summed E-state index contributed by atoms with van der Waals surface area (Å²) in [7, 11) is -4.28. The summed E-state index contributed by atoms with van der Waals surface area (Å²) in [6, 6.07) is 14.5. The molecule has 1 atom stereocenters. The zero-order valence-electron chi connectivity index (χ0n) is 23.7. The Kier molecular flexibility index (Phi) is 12.0. The molecule has 0 saturated heterocycles. The lowest BCUT2D eigenvalue weighted by atomic mass is 10.1. The van der Waals surface area contributed by atoms with Gasteiger partial charge in [0.15, 0.2) is 0 Å². The lowest BCUT2D eigenvalue weighted by Crippen LogP contribution is -2.52. The molecular weight excluding hydrogens is 640 g/mol. The summed E-state index contributed by atoms with van der Waals surface area (Å²) in [4.78, 5) is 28.8. The molecule has 7 nitrogen and oxygen atoms in total. The van der Waals surface area contributed by atoms with Crippen molar-refractivity contribution < 1.29 is 18.0 Å². The van der Waals surface area contributed by atoms with Crippen molar-refractivity contribution in [3.05, 3.63) is 91.9 Å². The van der Waals surface area contributed by atoms with Gasteiger partial charge >= 0.3 is 0 Å². The first-order valence-electron chi connectivity index (χ1n) is 13.3. The number of carbonyl (C=O) groups excluding carboxylic acids is 2. The van der Waals surface area contributed by atoms with E-state index >= 15 is 0 Å². The molecule has 0 heterocycles. The van der Waals surface area contributed by atoms with Crippen LogP contribution in [0.2, 0.25) is 20.1 Å². The van der Waals surface area contributed by atoms with Crippen LogP contribution >= 0.6 is 46.4 Å². The van der Waals surface area contributed by atoms with Crippen molar-refractivity contribution >= 4 is 73.9 Å². The van der Waals surface area contributed by atoms with Crippen molar-refractivity contribution in [3.8, 4) is 0 Å². The van der Waals surface area contributed by atoms with E-state index in [2.05, 4.69) is 5.32 Å². The molecule has 0 aliphatic heterocycles. The van der Waals surface area contributed by atoms with Crippen LogP contribution in [0.1, 0.15) is 38.3 Å². The van der Waals surface area contributed by atoms with Crippen LogP contribution < -0.4 is 9.62 Å². The number of rotatable bonds is 12. The van der Waals surface area contributed by atoms with E-state index in [1.165, 1.54) is 35.2 Å². The van der Waals surface area contributed by atoms with Crippen LogP contribution in [0.25, 0.3) is 0 Å². The van der Waals surface area contributed by atoms with Crippen LogP contribution in [0.3, 0.4) is 0 Å². The van der Waals surface area contributed by atoms with Crippen molar-refractivity contribution in [2.24, 2.45) is 5.92 Å². The maximum Gasteiger partial charge on any atom is 0.264 e. The van der Waals surface area contributed by atoms with Gasteiger partial charge in [-0.2, -0.15) is 0 Å². The number of halogens is 4. The Morgan fingerprint density at radius 3 is 2.00 bits per heavy atom. The Labute approximate surface area is 267 Å². The molecule has 0 bridgehead atoms. The van der Waals surface area contributed by atoms with Gasteiger partial charge in [0.25, 0.3) is 10.0 Å². The van der Waals surface area contributed by atoms with Crippen LogP contribution in [0.15, 0.2) is 65.6 Å². The number of nitrogens with one attached hydrogen (secondary N) is 1. The summed E-state index contributed by atoms with van der Waals surface area (Å²) in [6.07, 6.45) is 0.255. The highest BCUT2D eigenvalue weighted by molar-refractivity contribution is 7.92. The highest BCUT2D eigenvalue weighted by Crippen LogP contribution is 2.31. The average Bonchev–Trinajstić information content (AvgIpc) is 2.91. The van der Waals surface area contributed by atoms with E-state index in [4.69, 9.17) is 46.4 Å². The highest BCUT2D eigenvalue weighted by atomic mass is 35.5. The summed E-state index contributed by atoms with van der Waals surface area (Å²) in [5.74, 6) is -0.845. The molecule has 0 radical (unpaired) electrons. The third-order valence-corrected chi connectivity index (χ3v) is 9.42. The molecular formula is C30H33Cl4N3O4S. The maximum absolute atomic E-state index is 14.2. The Morgan fingerprint density at radius 1 is 0.905 bits per heavy atom. The van der Waals surface area contributed by atoms with Gasteiger partial charge in [0.1, 0.15) is 12.6 Å². The van der Waals surface area contributed by atoms with Gasteiger partial charge in [0.2, 0.25) is 11.8 Å². The van der Waals surface area contributed by atoms with Crippen molar-refractivity contribution in [1.82, 2.24) is 10.2 Å². The molecule has 0 fully saturated rings. The lowest BCUT2D eigenvalue weighted by Gasteiger charge is -2.33. The van der Waals surface area contributed by atoms with E-state index in [9.17, 15) is 18.0 Å². The second-order valence-electron chi connectivity index (χ2n) is 10.2. The Hall–Kier alpha value is -2.49. The molecule has 0 aromatic heterocycles. The number of hydrogen-bond acceptors (Lipinski definition) is 4. The lowest BCUT2D eigenvalue weighted by molar-refractivity contribution is -0.140. The highest BCUT2D eigenvalue weighted by Gasteiger charge is 2.34. The van der Waals surface area contributed by atoms with Gasteiger partial charge in [0, 0.05) is 38.7 Å². The van der Waals surface area contributed by atoms with Crippen LogP contribution in [-0.4, -0.2) is 44.3 Å². The number of aryl methyl sites for hydroxylation is 1. The molecule has 1 N–H and O–H groups in total. The van der Waals surface area contributed by atoms with Gasteiger partial charge in [-0.25, -0.2) is 8.42 Å². The third kappa shape index (κ3) is 8.54. The van der Waals surface area contributed by atoms with Crippen LogP contribution in [0, 0.1) is 12.8 Å². The standard InChI is InChI=1S/C30H33Cl4N3O4S/c1-5-28(30(39)35-16-19(2)3)36(17-25-26(33)7-6-8-27(25)34)29(38)18-37(23-14-21(31)13-22(32)15-23)42(40,41)24-11-9-20(4)10-12-24/h6-15,19,28H,5,16-18H2,1-4H3,(H,35,39)/t28-/m0/s1. The first kappa shape index (κ1) is 34.0. The predicted molar refractivity (Wildman–Crippen MR) is 171 cm³/mol. The molecule has 2 amide bonds.